The predicted molar refractivity (Wildman–Crippen MR) is 110 cm³/mol. The number of benzene rings is 2. The summed E-state index contributed by atoms with van der Waals surface area (Å²) >= 11 is 0. The Morgan fingerprint density at radius 2 is 2.04 bits per heavy atom. The Labute approximate surface area is 166 Å². The highest BCUT2D eigenvalue weighted by Crippen LogP contribution is 2.28. The van der Waals surface area contributed by atoms with Crippen LogP contribution in [0, 0.1) is 5.92 Å². The van der Waals surface area contributed by atoms with Gasteiger partial charge in [0.2, 0.25) is 11.8 Å². The first-order valence-corrected chi connectivity index (χ1v) is 9.74. The van der Waals surface area contributed by atoms with E-state index in [9.17, 15) is 9.59 Å². The molecule has 0 aromatic heterocycles. The van der Waals surface area contributed by atoms with Gasteiger partial charge in [0, 0.05) is 38.2 Å². The Morgan fingerprint density at radius 1 is 1.25 bits per heavy atom. The Kier molecular flexibility index (Phi) is 6.52. The van der Waals surface area contributed by atoms with E-state index < -0.39 is 0 Å². The number of amides is 2. The van der Waals surface area contributed by atoms with Gasteiger partial charge < -0.3 is 19.9 Å². The third kappa shape index (κ3) is 4.62. The summed E-state index contributed by atoms with van der Waals surface area (Å²) in [5.74, 6) is 0.741. The molecule has 0 spiro atoms. The number of hydrogen-bond acceptors (Lipinski definition) is 4. The van der Waals surface area contributed by atoms with Gasteiger partial charge in [-0.3, -0.25) is 9.59 Å². The Bertz CT molecular complexity index is 850. The minimum atomic E-state index is -0.166. The maximum absolute atomic E-state index is 12.8. The molecular formula is C22H29N3O3. The number of ether oxygens (including phenoxy) is 1. The number of carbonyl (C=O) groups is 2. The van der Waals surface area contributed by atoms with E-state index in [1.54, 1.807) is 7.11 Å². The summed E-state index contributed by atoms with van der Waals surface area (Å²) in [4.78, 5) is 28.8. The minimum absolute atomic E-state index is 0.00246. The Balaban J connectivity index is 1.67. The van der Waals surface area contributed by atoms with Crippen molar-refractivity contribution in [2.45, 2.75) is 19.4 Å². The summed E-state index contributed by atoms with van der Waals surface area (Å²) in [5.41, 5.74) is 0.977. The summed E-state index contributed by atoms with van der Waals surface area (Å²) in [6.07, 6.45) is 1.04. The number of likely N-dealkylation sites (tertiary alicyclic amines) is 1. The third-order valence-corrected chi connectivity index (χ3v) is 5.34. The van der Waals surface area contributed by atoms with Gasteiger partial charge in [0.05, 0.1) is 13.0 Å². The first-order chi connectivity index (χ1) is 13.5. The van der Waals surface area contributed by atoms with E-state index in [4.69, 9.17) is 4.74 Å². The molecule has 2 aromatic rings. The molecule has 1 aliphatic heterocycles. The van der Waals surface area contributed by atoms with Crippen LogP contribution in [0.25, 0.3) is 10.8 Å². The SMILES string of the molecule is COc1ccc2ccccc2c1CNC(=O)C1CCC(=O)N(CCN(C)C)C1. The number of methoxy groups -OCH3 is 1. The normalized spacial score (nSPS) is 17.2. The third-order valence-electron chi connectivity index (χ3n) is 5.34. The highest BCUT2D eigenvalue weighted by molar-refractivity contribution is 5.89. The van der Waals surface area contributed by atoms with E-state index in [1.165, 1.54) is 0 Å². The van der Waals surface area contributed by atoms with Crippen LogP contribution >= 0.6 is 0 Å². The van der Waals surface area contributed by atoms with Crippen molar-refractivity contribution in [2.75, 3.05) is 40.8 Å². The van der Waals surface area contributed by atoms with Crippen LogP contribution in [-0.4, -0.2) is 62.5 Å². The van der Waals surface area contributed by atoms with Crippen molar-refractivity contribution in [3.05, 3.63) is 42.0 Å². The topological polar surface area (TPSA) is 61.9 Å². The van der Waals surface area contributed by atoms with Crippen LogP contribution in [0.15, 0.2) is 36.4 Å². The summed E-state index contributed by atoms with van der Waals surface area (Å²) in [6, 6.07) is 12.0. The minimum Gasteiger partial charge on any atom is -0.496 e. The van der Waals surface area contributed by atoms with Gasteiger partial charge in [-0.25, -0.2) is 0 Å². The van der Waals surface area contributed by atoms with Crippen LogP contribution in [0.1, 0.15) is 18.4 Å². The summed E-state index contributed by atoms with van der Waals surface area (Å²) in [7, 11) is 5.61. The Morgan fingerprint density at radius 3 is 2.79 bits per heavy atom. The van der Waals surface area contributed by atoms with Crippen LogP contribution in [0.4, 0.5) is 0 Å². The molecule has 6 heteroatoms. The first-order valence-electron chi connectivity index (χ1n) is 9.74. The van der Waals surface area contributed by atoms with E-state index >= 15 is 0 Å². The molecule has 1 N–H and O–H groups in total. The molecule has 0 saturated carbocycles. The second-order valence-corrected chi connectivity index (χ2v) is 7.56. The monoisotopic (exact) mass is 383 g/mol. The van der Waals surface area contributed by atoms with Gasteiger partial charge >= 0.3 is 0 Å². The average Bonchev–Trinajstić information content (AvgIpc) is 2.70. The lowest BCUT2D eigenvalue weighted by atomic mass is 9.96. The molecule has 0 radical (unpaired) electrons. The number of fused-ring (bicyclic) bond motifs is 1. The maximum atomic E-state index is 12.8. The largest absolute Gasteiger partial charge is 0.496 e. The van der Waals surface area contributed by atoms with Crippen LogP contribution < -0.4 is 10.1 Å². The van der Waals surface area contributed by atoms with Crippen molar-refractivity contribution in [1.29, 1.82) is 0 Å². The number of nitrogens with one attached hydrogen (secondary N) is 1. The zero-order valence-corrected chi connectivity index (χ0v) is 16.9. The molecule has 1 atom stereocenters. The molecule has 0 aliphatic carbocycles. The molecule has 1 fully saturated rings. The summed E-state index contributed by atoms with van der Waals surface area (Å²) in [6.45, 7) is 2.36. The van der Waals surface area contributed by atoms with E-state index in [0.717, 1.165) is 28.6 Å². The van der Waals surface area contributed by atoms with Crippen LogP contribution in [-0.2, 0) is 16.1 Å². The van der Waals surface area contributed by atoms with Crippen molar-refractivity contribution in [3.63, 3.8) is 0 Å². The fraction of sp³-hybridized carbons (Fsp3) is 0.455. The van der Waals surface area contributed by atoms with Crippen molar-refractivity contribution in [3.8, 4) is 5.75 Å². The van der Waals surface area contributed by atoms with Crippen LogP contribution in [0.5, 0.6) is 5.75 Å². The molecule has 1 aliphatic rings. The molecular weight excluding hydrogens is 354 g/mol. The van der Waals surface area contributed by atoms with Crippen molar-refractivity contribution >= 4 is 22.6 Å². The standard InChI is InChI=1S/C22H29N3O3/c1-24(2)12-13-25-15-17(9-11-21(25)26)22(27)23-14-19-18-7-5-4-6-16(18)8-10-20(19)28-3/h4-8,10,17H,9,11-15H2,1-3H3,(H,23,27). The molecule has 1 saturated heterocycles. The van der Waals surface area contributed by atoms with Gasteiger partial charge in [-0.2, -0.15) is 0 Å². The average molecular weight is 383 g/mol. The number of rotatable bonds is 7. The van der Waals surface area contributed by atoms with Crippen molar-refractivity contribution in [1.82, 2.24) is 15.1 Å². The molecule has 2 amide bonds. The van der Waals surface area contributed by atoms with Gasteiger partial charge in [0.1, 0.15) is 5.75 Å². The Hall–Kier alpha value is -2.60. The first kappa shape index (κ1) is 20.1. The molecule has 0 bridgehead atoms. The smallest absolute Gasteiger partial charge is 0.225 e. The summed E-state index contributed by atoms with van der Waals surface area (Å²) < 4.78 is 5.51. The van der Waals surface area contributed by atoms with Gasteiger partial charge in [-0.1, -0.05) is 30.3 Å². The van der Waals surface area contributed by atoms with Crippen molar-refractivity contribution in [2.24, 2.45) is 5.92 Å². The van der Waals surface area contributed by atoms with E-state index in [2.05, 4.69) is 11.4 Å². The molecule has 28 heavy (non-hydrogen) atoms. The number of carbonyl (C=O) groups excluding carboxylic acids is 2. The van der Waals surface area contributed by atoms with E-state index in [1.807, 2.05) is 54.2 Å². The lowest BCUT2D eigenvalue weighted by Crippen LogP contribution is -2.47. The predicted octanol–water partition coefficient (Wildman–Crippen LogP) is 2.26. The van der Waals surface area contributed by atoms with Crippen molar-refractivity contribution < 1.29 is 14.3 Å². The van der Waals surface area contributed by atoms with E-state index in [-0.39, 0.29) is 17.7 Å². The van der Waals surface area contributed by atoms with Crippen LogP contribution in [0.3, 0.4) is 0 Å². The fourth-order valence-corrected chi connectivity index (χ4v) is 3.68. The molecule has 1 unspecified atom stereocenters. The van der Waals surface area contributed by atoms with Gasteiger partial charge in [-0.15, -0.1) is 0 Å². The zero-order valence-electron chi connectivity index (χ0n) is 16.9. The van der Waals surface area contributed by atoms with Gasteiger partial charge in [-0.05, 0) is 37.4 Å². The number of nitrogens with zero attached hydrogens (tertiary/aromatic N) is 2. The molecule has 2 aromatic carbocycles. The highest BCUT2D eigenvalue weighted by atomic mass is 16.5. The quantitative estimate of drug-likeness (QED) is 0.797. The molecule has 150 valence electrons. The zero-order chi connectivity index (χ0) is 20.1. The molecule has 6 nitrogen and oxygen atoms in total. The van der Waals surface area contributed by atoms with E-state index in [0.29, 0.717) is 32.5 Å². The molecule has 3 rings (SSSR count). The lowest BCUT2D eigenvalue weighted by Gasteiger charge is -2.32. The molecule has 1 heterocycles. The second kappa shape index (κ2) is 9.06. The van der Waals surface area contributed by atoms with Gasteiger partial charge in [0.25, 0.3) is 0 Å². The van der Waals surface area contributed by atoms with Gasteiger partial charge in [0.15, 0.2) is 0 Å². The lowest BCUT2D eigenvalue weighted by molar-refractivity contribution is -0.138. The van der Waals surface area contributed by atoms with Crippen LogP contribution in [0.2, 0.25) is 0 Å². The number of likely N-dealkylation sites (N-methyl/N-ethyl adjacent to an activating group) is 1. The summed E-state index contributed by atoms with van der Waals surface area (Å²) in [5, 5.41) is 5.26. The fourth-order valence-electron chi connectivity index (χ4n) is 3.68. The second-order valence-electron chi connectivity index (χ2n) is 7.56. The number of piperidine rings is 1. The number of hydrogen-bond donors (Lipinski definition) is 1. The highest BCUT2D eigenvalue weighted by Gasteiger charge is 2.30. The maximum Gasteiger partial charge on any atom is 0.225 e.